The lowest BCUT2D eigenvalue weighted by molar-refractivity contribution is 1.37. The van der Waals surface area contributed by atoms with E-state index in [0.717, 1.165) is 25.7 Å². The lowest BCUT2D eigenvalue weighted by Gasteiger charge is -2.04. The second kappa shape index (κ2) is 5.43. The van der Waals surface area contributed by atoms with Crippen LogP contribution in [-0.2, 0) is 0 Å². The standard InChI is InChI=1S/C16H11NS2/c18-15-11-14(12-7-3-1-4-8-12)17-16(19-15)13-9-5-2-6-10-13/h1-11H. The Morgan fingerprint density at radius 2 is 1.37 bits per heavy atom. The average molecular weight is 281 g/mol. The van der Waals surface area contributed by atoms with Gasteiger partial charge in [-0.3, -0.25) is 0 Å². The highest BCUT2D eigenvalue weighted by molar-refractivity contribution is 7.73. The molecule has 0 saturated heterocycles. The molecule has 0 amide bonds. The van der Waals surface area contributed by atoms with Crippen molar-refractivity contribution in [2.75, 3.05) is 0 Å². The van der Waals surface area contributed by atoms with E-state index in [4.69, 9.17) is 17.2 Å². The third-order valence-corrected chi connectivity index (χ3v) is 3.97. The van der Waals surface area contributed by atoms with Crippen LogP contribution in [0.3, 0.4) is 0 Å². The molecular weight excluding hydrogens is 270 g/mol. The molecule has 0 aliphatic rings. The molecule has 19 heavy (non-hydrogen) atoms. The predicted molar refractivity (Wildman–Crippen MR) is 83.8 cm³/mol. The minimum atomic E-state index is 0.854. The Labute approximate surface area is 121 Å². The first-order valence-corrected chi connectivity index (χ1v) is 7.18. The summed E-state index contributed by atoms with van der Waals surface area (Å²) in [6, 6.07) is 22.2. The molecule has 0 spiro atoms. The summed E-state index contributed by atoms with van der Waals surface area (Å²) in [6.07, 6.45) is 0. The van der Waals surface area contributed by atoms with Crippen LogP contribution in [0.4, 0.5) is 0 Å². The highest BCUT2D eigenvalue weighted by Crippen LogP contribution is 2.26. The van der Waals surface area contributed by atoms with Crippen LogP contribution >= 0.6 is 23.6 Å². The van der Waals surface area contributed by atoms with Crippen LogP contribution in [-0.4, -0.2) is 4.98 Å². The molecule has 1 nitrogen and oxygen atoms in total. The minimum Gasteiger partial charge on any atom is -0.237 e. The van der Waals surface area contributed by atoms with Crippen molar-refractivity contribution in [2.24, 2.45) is 0 Å². The molecule has 1 heterocycles. The molecule has 92 valence electrons. The largest absolute Gasteiger partial charge is 0.237 e. The Bertz CT molecular complexity index is 673. The Morgan fingerprint density at radius 3 is 2.00 bits per heavy atom. The molecule has 0 aliphatic carbocycles. The van der Waals surface area contributed by atoms with Gasteiger partial charge in [0.05, 0.1) is 9.52 Å². The summed E-state index contributed by atoms with van der Waals surface area (Å²) in [4.78, 5) is 4.73. The summed E-state index contributed by atoms with van der Waals surface area (Å²) in [6.45, 7) is 0. The molecule has 0 saturated carbocycles. The SMILES string of the molecule is S=c1cc(-c2ccccc2)nc(-c2ccccc2)s1. The lowest BCUT2D eigenvalue weighted by Crippen LogP contribution is -1.86. The van der Waals surface area contributed by atoms with Crippen LogP contribution in [0.1, 0.15) is 0 Å². The monoisotopic (exact) mass is 281 g/mol. The third kappa shape index (κ3) is 2.78. The first-order valence-electron chi connectivity index (χ1n) is 5.96. The molecule has 0 fully saturated rings. The van der Waals surface area contributed by atoms with Crippen molar-refractivity contribution in [3.8, 4) is 21.8 Å². The fraction of sp³-hybridized carbons (Fsp3) is 0. The number of rotatable bonds is 2. The fourth-order valence-electron chi connectivity index (χ4n) is 1.86. The van der Waals surface area contributed by atoms with Gasteiger partial charge in [-0.2, -0.15) is 0 Å². The van der Waals surface area contributed by atoms with Gasteiger partial charge in [0.25, 0.3) is 0 Å². The van der Waals surface area contributed by atoms with E-state index in [2.05, 4.69) is 24.3 Å². The van der Waals surface area contributed by atoms with Gasteiger partial charge in [0, 0.05) is 11.1 Å². The number of hydrogen-bond acceptors (Lipinski definition) is 3. The number of benzene rings is 2. The topological polar surface area (TPSA) is 12.9 Å². The normalized spacial score (nSPS) is 10.3. The van der Waals surface area contributed by atoms with Crippen molar-refractivity contribution in [2.45, 2.75) is 0 Å². The fourth-order valence-corrected chi connectivity index (χ4v) is 2.97. The number of hydrogen-bond donors (Lipinski definition) is 0. The molecule has 0 N–H and O–H groups in total. The molecule has 0 unspecified atom stereocenters. The second-order valence-electron chi connectivity index (χ2n) is 4.10. The molecule has 0 radical (unpaired) electrons. The van der Waals surface area contributed by atoms with Crippen LogP contribution < -0.4 is 0 Å². The lowest BCUT2D eigenvalue weighted by atomic mass is 10.1. The zero-order chi connectivity index (χ0) is 13.1. The van der Waals surface area contributed by atoms with Crippen LogP contribution in [0, 0.1) is 3.82 Å². The summed E-state index contributed by atoms with van der Waals surface area (Å²) < 4.78 is 0.854. The number of aromatic nitrogens is 1. The molecule has 3 aromatic rings. The molecular formula is C16H11NS2. The van der Waals surface area contributed by atoms with E-state index in [1.54, 1.807) is 11.3 Å². The van der Waals surface area contributed by atoms with Gasteiger partial charge in [-0.05, 0) is 6.07 Å². The Kier molecular flexibility index (Phi) is 3.49. The second-order valence-corrected chi connectivity index (χ2v) is 5.83. The summed E-state index contributed by atoms with van der Waals surface area (Å²) in [5.41, 5.74) is 3.14. The van der Waals surface area contributed by atoms with E-state index in [1.165, 1.54) is 0 Å². The van der Waals surface area contributed by atoms with Gasteiger partial charge >= 0.3 is 0 Å². The van der Waals surface area contributed by atoms with Crippen molar-refractivity contribution >= 4 is 23.6 Å². The molecule has 1 aromatic heterocycles. The van der Waals surface area contributed by atoms with Crippen LogP contribution in [0.5, 0.6) is 0 Å². The van der Waals surface area contributed by atoms with Crippen molar-refractivity contribution in [1.82, 2.24) is 4.98 Å². The van der Waals surface area contributed by atoms with E-state index in [1.807, 2.05) is 42.5 Å². The van der Waals surface area contributed by atoms with E-state index in [0.29, 0.717) is 0 Å². The van der Waals surface area contributed by atoms with Gasteiger partial charge in [-0.25, -0.2) is 4.98 Å². The summed E-state index contributed by atoms with van der Waals surface area (Å²) in [5.74, 6) is 0. The molecule has 2 aromatic carbocycles. The van der Waals surface area contributed by atoms with Crippen molar-refractivity contribution in [3.05, 3.63) is 70.6 Å². The van der Waals surface area contributed by atoms with Gasteiger partial charge < -0.3 is 0 Å². The quantitative estimate of drug-likeness (QED) is 0.598. The Morgan fingerprint density at radius 1 is 0.789 bits per heavy atom. The summed E-state index contributed by atoms with van der Waals surface area (Å²) >= 11 is 6.91. The molecule has 3 heteroatoms. The van der Waals surface area contributed by atoms with E-state index < -0.39 is 0 Å². The van der Waals surface area contributed by atoms with Gasteiger partial charge in [-0.1, -0.05) is 72.9 Å². The van der Waals surface area contributed by atoms with Crippen LogP contribution in [0.15, 0.2) is 66.7 Å². The highest BCUT2D eigenvalue weighted by atomic mass is 32.1. The van der Waals surface area contributed by atoms with E-state index in [-0.39, 0.29) is 0 Å². The predicted octanol–water partition coefficient (Wildman–Crippen LogP) is 5.21. The molecule has 0 aliphatic heterocycles. The summed E-state index contributed by atoms with van der Waals surface area (Å²) in [7, 11) is 0. The smallest absolute Gasteiger partial charge is 0.125 e. The Hall–Kier alpha value is -1.84. The van der Waals surface area contributed by atoms with Gasteiger partial charge in [0.1, 0.15) is 5.01 Å². The third-order valence-electron chi connectivity index (χ3n) is 2.76. The number of nitrogens with zero attached hydrogens (tertiary/aromatic N) is 1. The zero-order valence-electron chi connectivity index (χ0n) is 10.1. The average Bonchev–Trinajstić information content (AvgIpc) is 2.48. The first-order chi connectivity index (χ1) is 9.33. The maximum absolute atomic E-state index is 5.37. The van der Waals surface area contributed by atoms with Gasteiger partial charge in [-0.15, -0.1) is 11.3 Å². The van der Waals surface area contributed by atoms with Crippen LogP contribution in [0.2, 0.25) is 0 Å². The van der Waals surface area contributed by atoms with E-state index >= 15 is 0 Å². The van der Waals surface area contributed by atoms with Crippen molar-refractivity contribution in [1.29, 1.82) is 0 Å². The van der Waals surface area contributed by atoms with E-state index in [9.17, 15) is 0 Å². The molecule has 3 rings (SSSR count). The molecule has 0 bridgehead atoms. The van der Waals surface area contributed by atoms with Gasteiger partial charge in [0.2, 0.25) is 0 Å². The summed E-state index contributed by atoms with van der Waals surface area (Å²) in [5, 5.41) is 0.965. The maximum atomic E-state index is 5.37. The van der Waals surface area contributed by atoms with Gasteiger partial charge in [0.15, 0.2) is 0 Å². The van der Waals surface area contributed by atoms with Crippen molar-refractivity contribution in [3.63, 3.8) is 0 Å². The van der Waals surface area contributed by atoms with Crippen LogP contribution in [0.25, 0.3) is 21.8 Å². The Balaban J connectivity index is 2.15. The first kappa shape index (κ1) is 12.2. The maximum Gasteiger partial charge on any atom is 0.125 e. The zero-order valence-corrected chi connectivity index (χ0v) is 11.7. The molecule has 0 atom stereocenters. The highest BCUT2D eigenvalue weighted by Gasteiger charge is 2.04. The minimum absolute atomic E-state index is 0.854. The van der Waals surface area contributed by atoms with Crippen molar-refractivity contribution < 1.29 is 0 Å².